The summed E-state index contributed by atoms with van der Waals surface area (Å²) in [4.78, 5) is 12.4. The summed E-state index contributed by atoms with van der Waals surface area (Å²) in [7, 11) is 3.16. The van der Waals surface area contributed by atoms with E-state index in [0.29, 0.717) is 17.3 Å². The van der Waals surface area contributed by atoms with Gasteiger partial charge in [0.1, 0.15) is 0 Å². The minimum absolute atomic E-state index is 0.234. The Hall–Kier alpha value is -3.61. The summed E-state index contributed by atoms with van der Waals surface area (Å²) in [5.41, 5.74) is 3.89. The second kappa shape index (κ2) is 8.39. The number of aryl methyl sites for hydroxylation is 2. The fourth-order valence-corrected chi connectivity index (χ4v) is 2.72. The van der Waals surface area contributed by atoms with Crippen molar-refractivity contribution in [2.45, 2.75) is 13.8 Å². The van der Waals surface area contributed by atoms with Crippen LogP contribution in [0.15, 0.2) is 48.5 Å². The summed E-state index contributed by atoms with van der Waals surface area (Å²) in [5.74, 6) is 1.44. The van der Waals surface area contributed by atoms with Gasteiger partial charge in [-0.3, -0.25) is 4.79 Å². The minimum atomic E-state index is -0.308. The average molecular weight is 378 g/mol. The molecule has 0 radical (unpaired) electrons. The van der Waals surface area contributed by atoms with Crippen molar-refractivity contribution < 1.29 is 14.3 Å². The summed E-state index contributed by atoms with van der Waals surface area (Å²) >= 11 is 0. The van der Waals surface area contributed by atoms with Gasteiger partial charge in [-0.2, -0.15) is 0 Å². The van der Waals surface area contributed by atoms with Crippen molar-refractivity contribution in [2.24, 2.45) is 0 Å². The number of carbonyl (C=O) groups excluding carboxylic acids is 1. The Morgan fingerprint density at radius 1 is 0.893 bits per heavy atom. The molecule has 3 aromatic rings. The number of rotatable bonds is 6. The van der Waals surface area contributed by atoms with Gasteiger partial charge in [-0.25, -0.2) is 0 Å². The molecule has 1 aromatic heterocycles. The van der Waals surface area contributed by atoms with E-state index >= 15 is 0 Å². The normalized spacial score (nSPS) is 10.3. The molecule has 0 saturated heterocycles. The first-order valence-electron chi connectivity index (χ1n) is 8.71. The molecule has 1 amide bonds. The Morgan fingerprint density at radius 2 is 1.68 bits per heavy atom. The Balaban J connectivity index is 1.70. The van der Waals surface area contributed by atoms with Gasteiger partial charge >= 0.3 is 0 Å². The zero-order valence-corrected chi connectivity index (χ0v) is 16.2. The van der Waals surface area contributed by atoms with Crippen LogP contribution >= 0.6 is 0 Å². The van der Waals surface area contributed by atoms with Crippen LogP contribution in [-0.2, 0) is 0 Å². The highest BCUT2D eigenvalue weighted by atomic mass is 16.5. The van der Waals surface area contributed by atoms with Gasteiger partial charge < -0.3 is 20.1 Å². The van der Waals surface area contributed by atoms with E-state index in [1.54, 1.807) is 38.5 Å². The molecule has 0 fully saturated rings. The van der Waals surface area contributed by atoms with Crippen molar-refractivity contribution >= 4 is 23.1 Å². The summed E-state index contributed by atoms with van der Waals surface area (Å²) < 4.78 is 10.5. The molecule has 2 N–H and O–H groups in total. The van der Waals surface area contributed by atoms with Gasteiger partial charge in [-0.15, -0.1) is 10.2 Å². The van der Waals surface area contributed by atoms with Crippen LogP contribution in [0, 0.1) is 13.8 Å². The number of carbonyl (C=O) groups is 1. The van der Waals surface area contributed by atoms with Crippen LogP contribution in [0.3, 0.4) is 0 Å². The van der Waals surface area contributed by atoms with E-state index in [4.69, 9.17) is 9.47 Å². The smallest absolute Gasteiger partial charge is 0.276 e. The van der Waals surface area contributed by atoms with Gasteiger partial charge in [0.15, 0.2) is 23.0 Å². The van der Waals surface area contributed by atoms with Crippen molar-refractivity contribution in [1.29, 1.82) is 0 Å². The maximum atomic E-state index is 12.4. The number of aromatic nitrogens is 2. The Kier molecular flexibility index (Phi) is 5.74. The van der Waals surface area contributed by atoms with Crippen LogP contribution < -0.4 is 20.1 Å². The second-order valence-corrected chi connectivity index (χ2v) is 6.27. The molecule has 28 heavy (non-hydrogen) atoms. The average Bonchev–Trinajstić information content (AvgIpc) is 2.70. The predicted octanol–water partition coefficient (Wildman–Crippen LogP) is 4.11. The lowest BCUT2D eigenvalue weighted by atomic mass is 10.1. The summed E-state index contributed by atoms with van der Waals surface area (Å²) in [6, 6.07) is 14.6. The molecule has 0 atom stereocenters. The molecule has 3 rings (SSSR count). The fraction of sp³-hybridized carbons (Fsp3) is 0.190. The van der Waals surface area contributed by atoms with Crippen molar-refractivity contribution in [3.05, 3.63) is 65.4 Å². The number of nitrogens with one attached hydrogen (secondary N) is 2. The van der Waals surface area contributed by atoms with E-state index in [1.807, 2.05) is 38.1 Å². The molecule has 0 spiro atoms. The van der Waals surface area contributed by atoms with Crippen LogP contribution in [0.4, 0.5) is 17.2 Å². The molecule has 0 unspecified atom stereocenters. The van der Waals surface area contributed by atoms with Crippen LogP contribution in [0.2, 0.25) is 0 Å². The van der Waals surface area contributed by atoms with E-state index in [1.165, 1.54) is 0 Å². The van der Waals surface area contributed by atoms with E-state index in [2.05, 4.69) is 20.8 Å². The summed E-state index contributed by atoms with van der Waals surface area (Å²) in [6.07, 6.45) is 0. The first-order chi connectivity index (χ1) is 13.5. The molecular formula is C21H22N4O3. The quantitative estimate of drug-likeness (QED) is 0.671. The Labute approximate surface area is 163 Å². The van der Waals surface area contributed by atoms with Gasteiger partial charge in [-0.1, -0.05) is 17.7 Å². The third-order valence-corrected chi connectivity index (χ3v) is 4.18. The maximum Gasteiger partial charge on any atom is 0.276 e. The van der Waals surface area contributed by atoms with Crippen LogP contribution in [0.25, 0.3) is 0 Å². The third-order valence-electron chi connectivity index (χ3n) is 4.18. The molecule has 7 heteroatoms. The van der Waals surface area contributed by atoms with Crippen molar-refractivity contribution in [3.63, 3.8) is 0 Å². The molecule has 0 bridgehead atoms. The first kappa shape index (κ1) is 19.2. The van der Waals surface area contributed by atoms with Gasteiger partial charge in [0, 0.05) is 17.4 Å². The fourth-order valence-electron chi connectivity index (χ4n) is 2.72. The lowest BCUT2D eigenvalue weighted by Crippen LogP contribution is -2.15. The van der Waals surface area contributed by atoms with Crippen molar-refractivity contribution in [3.8, 4) is 11.5 Å². The Morgan fingerprint density at radius 3 is 2.32 bits per heavy atom. The predicted molar refractivity (Wildman–Crippen MR) is 109 cm³/mol. The number of benzene rings is 2. The van der Waals surface area contributed by atoms with Gasteiger partial charge in [0.2, 0.25) is 0 Å². The molecule has 0 aliphatic carbocycles. The standard InChI is InChI=1S/C21H22N4O3/c1-13-5-7-16(14(2)11-13)23-21(26)17-8-10-20(25-24-17)22-15-6-9-18(27-3)19(12-15)28-4/h5-12H,1-4H3,(H,22,25)(H,23,26). The molecule has 0 aliphatic rings. The topological polar surface area (TPSA) is 85.4 Å². The van der Waals surface area contributed by atoms with E-state index in [0.717, 1.165) is 22.5 Å². The molecule has 0 aliphatic heterocycles. The van der Waals surface area contributed by atoms with Crippen LogP contribution in [-0.4, -0.2) is 30.3 Å². The summed E-state index contributed by atoms with van der Waals surface area (Å²) in [6.45, 7) is 3.96. The lowest BCUT2D eigenvalue weighted by Gasteiger charge is -2.11. The molecule has 144 valence electrons. The van der Waals surface area contributed by atoms with Crippen LogP contribution in [0.5, 0.6) is 11.5 Å². The maximum absolute atomic E-state index is 12.4. The molecule has 1 heterocycles. The summed E-state index contributed by atoms with van der Waals surface area (Å²) in [5, 5.41) is 14.1. The zero-order valence-electron chi connectivity index (χ0n) is 16.2. The number of methoxy groups -OCH3 is 2. The van der Waals surface area contributed by atoms with E-state index < -0.39 is 0 Å². The SMILES string of the molecule is COc1ccc(Nc2ccc(C(=O)Nc3ccc(C)cc3C)nn2)cc1OC. The van der Waals surface area contributed by atoms with E-state index in [-0.39, 0.29) is 11.6 Å². The number of nitrogens with zero attached hydrogens (tertiary/aromatic N) is 2. The number of hydrogen-bond donors (Lipinski definition) is 2. The highest BCUT2D eigenvalue weighted by Gasteiger charge is 2.11. The molecule has 0 saturated carbocycles. The van der Waals surface area contributed by atoms with Crippen molar-refractivity contribution in [1.82, 2.24) is 10.2 Å². The molecule has 7 nitrogen and oxygen atoms in total. The van der Waals surface area contributed by atoms with Crippen LogP contribution in [0.1, 0.15) is 21.6 Å². The monoisotopic (exact) mass is 378 g/mol. The number of amides is 1. The number of ether oxygens (including phenoxy) is 2. The van der Waals surface area contributed by atoms with Gasteiger partial charge in [0.05, 0.1) is 14.2 Å². The van der Waals surface area contributed by atoms with Gasteiger partial charge in [-0.05, 0) is 49.7 Å². The third kappa shape index (κ3) is 4.37. The number of hydrogen-bond acceptors (Lipinski definition) is 6. The van der Waals surface area contributed by atoms with Crippen molar-refractivity contribution in [2.75, 3.05) is 24.9 Å². The first-order valence-corrected chi connectivity index (χ1v) is 8.71. The number of anilines is 3. The largest absolute Gasteiger partial charge is 0.493 e. The minimum Gasteiger partial charge on any atom is -0.493 e. The highest BCUT2D eigenvalue weighted by molar-refractivity contribution is 6.03. The Bertz CT molecular complexity index is 987. The molecule has 2 aromatic carbocycles. The lowest BCUT2D eigenvalue weighted by molar-refractivity contribution is 0.102. The highest BCUT2D eigenvalue weighted by Crippen LogP contribution is 2.30. The second-order valence-electron chi connectivity index (χ2n) is 6.27. The van der Waals surface area contributed by atoms with Gasteiger partial charge in [0.25, 0.3) is 5.91 Å². The zero-order chi connectivity index (χ0) is 20.1. The molecular weight excluding hydrogens is 356 g/mol. The van der Waals surface area contributed by atoms with E-state index in [9.17, 15) is 4.79 Å².